The van der Waals surface area contributed by atoms with Gasteiger partial charge in [0.2, 0.25) is 5.96 Å². The zero-order valence-electron chi connectivity index (χ0n) is 12.9. The Morgan fingerprint density at radius 2 is 1.96 bits per heavy atom. The fourth-order valence-corrected chi connectivity index (χ4v) is 1.77. The predicted octanol–water partition coefficient (Wildman–Crippen LogP) is 2.20. The van der Waals surface area contributed by atoms with Crippen LogP contribution in [0.3, 0.4) is 0 Å². The van der Waals surface area contributed by atoms with E-state index in [-0.39, 0.29) is 12.6 Å². The van der Waals surface area contributed by atoms with Gasteiger partial charge in [0.25, 0.3) is 0 Å². The summed E-state index contributed by atoms with van der Waals surface area (Å²) < 4.78 is 5.61. The number of ether oxygens (including phenoxy) is 1. The molecule has 0 spiro atoms. The van der Waals surface area contributed by atoms with Gasteiger partial charge >= 0.3 is 0 Å². The molecule has 23 heavy (non-hydrogen) atoms. The lowest BCUT2D eigenvalue weighted by Gasteiger charge is -2.05. The lowest BCUT2D eigenvalue weighted by atomic mass is 10.1. The number of aryl methyl sites for hydroxylation is 1. The van der Waals surface area contributed by atoms with Crippen molar-refractivity contribution < 1.29 is 4.74 Å². The lowest BCUT2D eigenvalue weighted by molar-refractivity contribution is 0.377. The molecule has 6 heteroatoms. The molecule has 0 bridgehead atoms. The summed E-state index contributed by atoms with van der Waals surface area (Å²) in [4.78, 5) is 4.31. The van der Waals surface area contributed by atoms with Crippen LogP contribution in [0, 0.1) is 6.92 Å². The third kappa shape index (κ3) is 5.62. The van der Waals surface area contributed by atoms with Crippen molar-refractivity contribution in [3.63, 3.8) is 0 Å². The maximum absolute atomic E-state index is 5.61. The van der Waals surface area contributed by atoms with Gasteiger partial charge in [-0.3, -0.25) is 4.98 Å². The molecule has 0 saturated heterocycles. The number of nitrogens with two attached hydrogens (primary N) is 2. The highest BCUT2D eigenvalue weighted by Crippen LogP contribution is 2.18. The Morgan fingerprint density at radius 1 is 1.17 bits per heavy atom. The van der Waals surface area contributed by atoms with Gasteiger partial charge in [0.15, 0.2) is 0 Å². The van der Waals surface area contributed by atoms with E-state index in [1.165, 1.54) is 11.8 Å². The topological polar surface area (TPSA) is 98.9 Å². The van der Waals surface area contributed by atoms with Crippen LogP contribution >= 0.6 is 0 Å². The number of benzene rings is 1. The van der Waals surface area contributed by atoms with Crippen molar-refractivity contribution in [2.75, 3.05) is 6.61 Å². The number of pyridine rings is 1. The number of nitrogens with zero attached hydrogens (tertiary/aromatic N) is 3. The molecule has 118 valence electrons. The van der Waals surface area contributed by atoms with E-state index < -0.39 is 0 Å². The first-order valence-corrected chi connectivity index (χ1v) is 7.08. The molecule has 1 aromatic heterocycles. The SMILES string of the molecule is Cc1ccc(/C=C/c2ncccc2OC/C=N/N=C(N)N)cc1. The molecule has 0 aliphatic rings. The largest absolute Gasteiger partial charge is 0.486 e. The highest BCUT2D eigenvalue weighted by Gasteiger charge is 2.00. The minimum absolute atomic E-state index is 0.0932. The Morgan fingerprint density at radius 3 is 2.70 bits per heavy atom. The molecular formula is C17H19N5O. The normalized spacial score (nSPS) is 11.0. The van der Waals surface area contributed by atoms with E-state index in [1.807, 2.05) is 24.3 Å². The third-order valence-corrected chi connectivity index (χ3v) is 2.88. The van der Waals surface area contributed by atoms with Crippen LogP contribution in [0.25, 0.3) is 12.2 Å². The predicted molar refractivity (Wildman–Crippen MR) is 94.1 cm³/mol. The van der Waals surface area contributed by atoms with Gasteiger partial charge in [0.1, 0.15) is 18.1 Å². The summed E-state index contributed by atoms with van der Waals surface area (Å²) >= 11 is 0. The monoisotopic (exact) mass is 309 g/mol. The van der Waals surface area contributed by atoms with E-state index in [0.717, 1.165) is 11.3 Å². The molecule has 0 amide bonds. The van der Waals surface area contributed by atoms with Gasteiger partial charge in [0.05, 0.1) is 6.21 Å². The van der Waals surface area contributed by atoms with Crippen LogP contribution in [-0.4, -0.2) is 23.8 Å². The van der Waals surface area contributed by atoms with Crippen LogP contribution in [0.5, 0.6) is 5.75 Å². The molecule has 0 unspecified atom stereocenters. The van der Waals surface area contributed by atoms with Crippen LogP contribution in [-0.2, 0) is 0 Å². The van der Waals surface area contributed by atoms with E-state index in [2.05, 4.69) is 46.4 Å². The fourth-order valence-electron chi connectivity index (χ4n) is 1.77. The average molecular weight is 309 g/mol. The summed E-state index contributed by atoms with van der Waals surface area (Å²) in [5.74, 6) is 0.566. The number of guanidine groups is 1. The molecule has 0 aliphatic carbocycles. The summed E-state index contributed by atoms with van der Waals surface area (Å²) in [6.07, 6.45) is 7.09. The van der Waals surface area contributed by atoms with Gasteiger partial charge in [-0.1, -0.05) is 35.9 Å². The number of aromatic nitrogens is 1. The van der Waals surface area contributed by atoms with Gasteiger partial charge in [-0.05, 0) is 30.7 Å². The van der Waals surface area contributed by atoms with E-state index in [0.29, 0.717) is 5.75 Å². The first kappa shape index (κ1) is 16.2. The van der Waals surface area contributed by atoms with Crippen molar-refractivity contribution in [1.82, 2.24) is 4.98 Å². The van der Waals surface area contributed by atoms with Crippen LogP contribution < -0.4 is 16.2 Å². The number of hydrogen-bond acceptors (Lipinski definition) is 4. The Hall–Kier alpha value is -3.15. The molecule has 2 rings (SSSR count). The molecule has 0 fully saturated rings. The smallest absolute Gasteiger partial charge is 0.211 e. The Kier molecular flexibility index (Phi) is 5.88. The Bertz CT molecular complexity index is 716. The molecule has 6 nitrogen and oxygen atoms in total. The Balaban J connectivity index is 2.03. The fraction of sp³-hybridized carbons (Fsp3) is 0.118. The molecule has 1 heterocycles. The van der Waals surface area contributed by atoms with Crippen molar-refractivity contribution in [2.24, 2.45) is 21.7 Å². The Labute approximate surface area is 135 Å². The highest BCUT2D eigenvalue weighted by molar-refractivity contribution is 5.76. The molecule has 0 saturated carbocycles. The molecule has 1 aromatic carbocycles. The minimum atomic E-state index is -0.0932. The summed E-state index contributed by atoms with van der Waals surface area (Å²) in [6, 6.07) is 11.9. The molecule has 0 atom stereocenters. The molecule has 0 aliphatic heterocycles. The standard InChI is InChI=1S/C17H19N5O/c1-13-4-6-14(7-5-13)8-9-15-16(3-2-10-20-15)23-12-11-21-22-17(18)19/h2-11H,12H2,1H3,(H4,18,19,22)/b9-8+,21-11+. The van der Waals surface area contributed by atoms with Crippen LogP contribution in [0.1, 0.15) is 16.8 Å². The third-order valence-electron chi connectivity index (χ3n) is 2.88. The van der Waals surface area contributed by atoms with Crippen molar-refractivity contribution in [2.45, 2.75) is 6.92 Å². The maximum Gasteiger partial charge on any atom is 0.211 e. The van der Waals surface area contributed by atoms with Gasteiger partial charge in [0, 0.05) is 6.20 Å². The van der Waals surface area contributed by atoms with Crippen molar-refractivity contribution in [3.05, 3.63) is 59.4 Å². The zero-order valence-corrected chi connectivity index (χ0v) is 12.9. The van der Waals surface area contributed by atoms with Crippen LogP contribution in [0.2, 0.25) is 0 Å². The average Bonchev–Trinajstić information content (AvgIpc) is 2.55. The molecule has 4 N–H and O–H groups in total. The second kappa shape index (κ2) is 8.33. The molecule has 0 radical (unpaired) electrons. The van der Waals surface area contributed by atoms with Crippen LogP contribution in [0.4, 0.5) is 0 Å². The molecular weight excluding hydrogens is 290 g/mol. The summed E-state index contributed by atoms with van der Waals surface area (Å²) in [5.41, 5.74) is 13.4. The van der Waals surface area contributed by atoms with E-state index in [9.17, 15) is 0 Å². The second-order valence-corrected chi connectivity index (χ2v) is 4.76. The lowest BCUT2D eigenvalue weighted by Crippen LogP contribution is -2.21. The van der Waals surface area contributed by atoms with Crippen molar-refractivity contribution in [3.8, 4) is 5.75 Å². The van der Waals surface area contributed by atoms with Gasteiger partial charge in [-0.15, -0.1) is 5.10 Å². The van der Waals surface area contributed by atoms with Gasteiger partial charge in [-0.25, -0.2) is 0 Å². The van der Waals surface area contributed by atoms with Crippen LogP contribution in [0.15, 0.2) is 52.8 Å². The van der Waals surface area contributed by atoms with Crippen molar-refractivity contribution in [1.29, 1.82) is 0 Å². The minimum Gasteiger partial charge on any atom is -0.486 e. The molecule has 2 aromatic rings. The number of rotatable bonds is 6. The van der Waals surface area contributed by atoms with E-state index in [1.54, 1.807) is 6.20 Å². The van der Waals surface area contributed by atoms with E-state index >= 15 is 0 Å². The first-order valence-electron chi connectivity index (χ1n) is 7.08. The summed E-state index contributed by atoms with van der Waals surface area (Å²) in [5, 5.41) is 7.16. The maximum atomic E-state index is 5.61. The van der Waals surface area contributed by atoms with E-state index in [4.69, 9.17) is 16.2 Å². The summed E-state index contributed by atoms with van der Waals surface area (Å²) in [7, 11) is 0. The van der Waals surface area contributed by atoms with Gasteiger partial charge < -0.3 is 16.2 Å². The van der Waals surface area contributed by atoms with Gasteiger partial charge in [-0.2, -0.15) is 5.10 Å². The summed E-state index contributed by atoms with van der Waals surface area (Å²) in [6.45, 7) is 2.30. The zero-order chi connectivity index (χ0) is 16.5. The van der Waals surface area contributed by atoms with Crippen molar-refractivity contribution >= 4 is 24.3 Å². The highest BCUT2D eigenvalue weighted by atomic mass is 16.5. The quantitative estimate of drug-likeness (QED) is 0.485. The second-order valence-electron chi connectivity index (χ2n) is 4.76. The number of hydrogen-bond donors (Lipinski definition) is 2. The first-order chi connectivity index (χ1) is 11.1.